The van der Waals surface area contributed by atoms with Crippen LogP contribution in [0.1, 0.15) is 26.7 Å². The Kier molecular flexibility index (Phi) is 2.92. The van der Waals surface area contributed by atoms with Crippen LogP contribution in [-0.2, 0) is 9.73 Å². The summed E-state index contributed by atoms with van der Waals surface area (Å²) in [4.78, 5) is 16.7. The Balaban J connectivity index is 1.92. The third kappa shape index (κ3) is 1.56. The summed E-state index contributed by atoms with van der Waals surface area (Å²) in [5.74, 6) is -0.344. The number of nitrogens with one attached hydrogen (secondary N) is 1. The molecule has 18 heavy (non-hydrogen) atoms. The van der Waals surface area contributed by atoms with Crippen LogP contribution in [0.3, 0.4) is 0 Å². The van der Waals surface area contributed by atoms with E-state index in [1.807, 2.05) is 0 Å². The molecule has 0 spiro atoms. The Hall–Kier alpha value is -0.570. The van der Waals surface area contributed by atoms with E-state index < -0.39 is 0 Å². The maximum atomic E-state index is 12.1. The van der Waals surface area contributed by atoms with Gasteiger partial charge in [0, 0.05) is 23.9 Å². The minimum atomic E-state index is -0.300. The highest BCUT2D eigenvalue weighted by Gasteiger charge is 2.56. The van der Waals surface area contributed by atoms with Crippen molar-refractivity contribution in [1.29, 1.82) is 0 Å². The number of hydrogen-bond acceptors (Lipinski definition) is 7. The fourth-order valence-electron chi connectivity index (χ4n) is 3.95. The first-order valence-electron chi connectivity index (χ1n) is 6.39. The van der Waals surface area contributed by atoms with Gasteiger partial charge >= 0.3 is 0 Å². The monoisotopic (exact) mass is 256 g/mol. The van der Waals surface area contributed by atoms with E-state index in [0.29, 0.717) is 12.8 Å². The maximum Gasteiger partial charge on any atom is 0.134 e. The molecule has 1 saturated carbocycles. The van der Waals surface area contributed by atoms with Crippen molar-refractivity contribution in [3.05, 3.63) is 5.21 Å². The Bertz CT molecular complexity index is 366. The van der Waals surface area contributed by atoms with E-state index in [1.165, 1.54) is 6.92 Å². The maximum absolute atomic E-state index is 12.1. The van der Waals surface area contributed by atoms with Crippen LogP contribution in [-0.4, -0.2) is 45.4 Å². The molecule has 0 bridgehead atoms. The molecular weight excluding hydrogens is 238 g/mol. The lowest BCUT2D eigenvalue weighted by atomic mass is 9.72. The van der Waals surface area contributed by atoms with Gasteiger partial charge in [0.25, 0.3) is 0 Å². The molecule has 0 aromatic carbocycles. The molecule has 3 aliphatic rings. The number of ketones is 1. The SMILES string of the molecule is CC(=O)C1C2C3NON(O)C3CCC2N([O-])C1C. The number of hydrogen-bond donors (Lipinski definition) is 2. The summed E-state index contributed by atoms with van der Waals surface area (Å²) in [7, 11) is 0. The van der Waals surface area contributed by atoms with Gasteiger partial charge in [0.1, 0.15) is 5.78 Å². The Morgan fingerprint density at radius 1 is 1.44 bits per heavy atom. The Labute approximate surface area is 105 Å². The number of carbonyl (C=O) groups is 1. The first-order chi connectivity index (χ1) is 8.52. The average molecular weight is 256 g/mol. The largest absolute Gasteiger partial charge is 0.785 e. The van der Waals surface area contributed by atoms with Gasteiger partial charge in [-0.15, -0.1) is 0 Å². The fourth-order valence-corrected chi connectivity index (χ4v) is 3.95. The fraction of sp³-hybridized carbons (Fsp3) is 0.909. The molecule has 6 atom stereocenters. The number of fused-ring (bicyclic) bond motifs is 3. The molecule has 2 aliphatic heterocycles. The van der Waals surface area contributed by atoms with Gasteiger partial charge in [-0.2, -0.15) is 10.4 Å². The zero-order valence-corrected chi connectivity index (χ0v) is 10.4. The second-order valence-corrected chi connectivity index (χ2v) is 5.56. The smallest absolute Gasteiger partial charge is 0.134 e. The highest BCUT2D eigenvalue weighted by molar-refractivity contribution is 5.80. The summed E-state index contributed by atoms with van der Waals surface area (Å²) in [6, 6.07) is -0.792. The van der Waals surface area contributed by atoms with Crippen LogP contribution in [0.4, 0.5) is 0 Å². The van der Waals surface area contributed by atoms with Crippen LogP contribution in [0.25, 0.3) is 0 Å². The lowest BCUT2D eigenvalue weighted by molar-refractivity contribution is -0.349. The molecule has 2 saturated heterocycles. The van der Waals surface area contributed by atoms with Gasteiger partial charge < -0.3 is 10.3 Å². The van der Waals surface area contributed by atoms with Crippen LogP contribution in [0, 0.1) is 17.0 Å². The van der Waals surface area contributed by atoms with Crippen molar-refractivity contribution in [2.45, 2.75) is 50.9 Å². The Morgan fingerprint density at radius 2 is 2.11 bits per heavy atom. The molecule has 0 radical (unpaired) electrons. The zero-order chi connectivity index (χ0) is 13.0. The summed E-state index contributed by atoms with van der Waals surface area (Å²) in [5, 5.41) is 23.6. The topological polar surface area (TPSA) is 88.1 Å². The van der Waals surface area contributed by atoms with Gasteiger partial charge in [-0.3, -0.25) is 10.0 Å². The minimum absolute atomic E-state index is 0.0367. The standard InChI is InChI=1S/C11H18N3O4/c1-5-9(6(2)15)10-7(13(5)16)3-4-8-11(10)12-18-14(8)17/h5,7-12,17H,3-4H2,1-2H3/q-1. The van der Waals surface area contributed by atoms with Crippen molar-refractivity contribution in [3.8, 4) is 0 Å². The van der Waals surface area contributed by atoms with Gasteiger partial charge in [0.15, 0.2) is 0 Å². The molecule has 3 rings (SSSR count). The van der Waals surface area contributed by atoms with Crippen LogP contribution in [0.2, 0.25) is 0 Å². The molecule has 3 fully saturated rings. The lowest BCUT2D eigenvalue weighted by Gasteiger charge is -2.41. The van der Waals surface area contributed by atoms with Crippen molar-refractivity contribution in [3.63, 3.8) is 0 Å². The highest BCUT2D eigenvalue weighted by Crippen LogP contribution is 2.45. The quantitative estimate of drug-likeness (QED) is 0.685. The molecular formula is C11H18N3O4-. The molecule has 0 aromatic heterocycles. The summed E-state index contributed by atoms with van der Waals surface area (Å²) < 4.78 is 0. The minimum Gasteiger partial charge on any atom is -0.785 e. The van der Waals surface area contributed by atoms with Crippen LogP contribution >= 0.6 is 0 Å². The summed E-state index contributed by atoms with van der Waals surface area (Å²) in [6.07, 6.45) is 1.37. The van der Waals surface area contributed by atoms with E-state index in [9.17, 15) is 15.2 Å². The van der Waals surface area contributed by atoms with Gasteiger partial charge in [-0.25, -0.2) is 0 Å². The van der Waals surface area contributed by atoms with Gasteiger partial charge in [0.05, 0.1) is 12.1 Å². The zero-order valence-electron chi connectivity index (χ0n) is 10.4. The van der Waals surface area contributed by atoms with E-state index in [0.717, 1.165) is 10.3 Å². The van der Waals surface area contributed by atoms with E-state index in [1.54, 1.807) is 6.92 Å². The average Bonchev–Trinajstić information content (AvgIpc) is 2.81. The first kappa shape index (κ1) is 12.5. The predicted octanol–water partition coefficient (Wildman–Crippen LogP) is 0.0503. The molecule has 7 nitrogen and oxygen atoms in total. The first-order valence-corrected chi connectivity index (χ1v) is 6.39. The van der Waals surface area contributed by atoms with E-state index >= 15 is 0 Å². The van der Waals surface area contributed by atoms with Crippen molar-refractivity contribution in [2.24, 2.45) is 11.8 Å². The molecule has 6 unspecified atom stereocenters. The van der Waals surface area contributed by atoms with Crippen LogP contribution in [0.5, 0.6) is 0 Å². The third-order valence-electron chi connectivity index (χ3n) is 4.73. The van der Waals surface area contributed by atoms with E-state index in [2.05, 4.69) is 5.48 Å². The number of hydroxylamine groups is 5. The second kappa shape index (κ2) is 4.22. The second-order valence-electron chi connectivity index (χ2n) is 5.56. The molecule has 2 heterocycles. The number of rotatable bonds is 1. The van der Waals surface area contributed by atoms with Crippen LogP contribution < -0.4 is 5.48 Å². The van der Waals surface area contributed by atoms with E-state index in [4.69, 9.17) is 4.94 Å². The number of nitrogens with zero attached hydrogens (tertiary/aromatic N) is 2. The summed E-state index contributed by atoms with van der Waals surface area (Å²) >= 11 is 0. The third-order valence-corrected chi connectivity index (χ3v) is 4.73. The molecule has 0 aromatic rings. The van der Waals surface area contributed by atoms with Gasteiger partial charge in [-0.05, 0) is 31.9 Å². The predicted molar refractivity (Wildman–Crippen MR) is 60.8 cm³/mol. The van der Waals surface area contributed by atoms with Gasteiger partial charge in [-0.1, -0.05) is 0 Å². The van der Waals surface area contributed by atoms with Crippen molar-refractivity contribution < 1.29 is 14.9 Å². The number of Topliss-reactive ketones (excluding diaryl/α,β-unsaturated/α-hetero) is 1. The molecule has 2 N–H and O–H groups in total. The highest BCUT2D eigenvalue weighted by atomic mass is 17.0. The van der Waals surface area contributed by atoms with E-state index in [-0.39, 0.29) is 41.8 Å². The van der Waals surface area contributed by atoms with Crippen molar-refractivity contribution in [1.82, 2.24) is 15.8 Å². The normalized spacial score (nSPS) is 49.1. The molecule has 102 valence electrons. The summed E-state index contributed by atoms with van der Waals surface area (Å²) in [5.41, 5.74) is 2.76. The molecule has 1 aliphatic carbocycles. The van der Waals surface area contributed by atoms with Crippen LogP contribution in [0.15, 0.2) is 0 Å². The number of carbonyl (C=O) groups excluding carboxylic acids is 1. The van der Waals surface area contributed by atoms with Gasteiger partial charge in [0.2, 0.25) is 0 Å². The molecule has 7 heteroatoms. The van der Waals surface area contributed by atoms with Crippen molar-refractivity contribution >= 4 is 5.78 Å². The Morgan fingerprint density at radius 3 is 2.78 bits per heavy atom. The lowest BCUT2D eigenvalue weighted by Crippen LogP contribution is -2.52. The van der Waals surface area contributed by atoms with Crippen molar-refractivity contribution in [2.75, 3.05) is 0 Å². The molecule has 0 amide bonds. The summed E-state index contributed by atoms with van der Waals surface area (Å²) in [6.45, 7) is 3.34.